The predicted molar refractivity (Wildman–Crippen MR) is 99.9 cm³/mol. The zero-order valence-corrected chi connectivity index (χ0v) is 16.2. The van der Waals surface area contributed by atoms with E-state index in [1.165, 1.54) is 19.9 Å². The Balaban J connectivity index is 2.39. The van der Waals surface area contributed by atoms with Crippen molar-refractivity contribution < 1.29 is 32.3 Å². The fourth-order valence-corrected chi connectivity index (χ4v) is 2.84. The average molecular weight is 411 g/mol. The lowest BCUT2D eigenvalue weighted by Gasteiger charge is -2.15. The summed E-state index contributed by atoms with van der Waals surface area (Å²) in [5.41, 5.74) is -0.924. The van der Waals surface area contributed by atoms with Gasteiger partial charge in [0.15, 0.2) is 0 Å². The van der Waals surface area contributed by atoms with Crippen molar-refractivity contribution in [3.05, 3.63) is 46.3 Å². The summed E-state index contributed by atoms with van der Waals surface area (Å²) in [6, 6.07) is 3.01. The number of ether oxygens (including phenoxy) is 1. The number of aryl methyl sites for hydroxylation is 1. The Kier molecular flexibility index (Phi) is 6.35. The summed E-state index contributed by atoms with van der Waals surface area (Å²) in [7, 11) is 0. The molecule has 2 rings (SSSR count). The molecule has 2 aromatic rings. The number of rotatable bonds is 5. The summed E-state index contributed by atoms with van der Waals surface area (Å²) in [6.45, 7) is 5.99. The number of carbonyl (C=O) groups excluding carboxylic acids is 3. The van der Waals surface area contributed by atoms with Crippen molar-refractivity contribution in [2.75, 3.05) is 17.2 Å². The zero-order chi connectivity index (χ0) is 21.9. The molecule has 1 aromatic heterocycles. The molecule has 0 aliphatic rings. The van der Waals surface area contributed by atoms with Crippen molar-refractivity contribution >= 4 is 29.2 Å². The van der Waals surface area contributed by atoms with Gasteiger partial charge in [0.1, 0.15) is 5.69 Å². The van der Waals surface area contributed by atoms with E-state index in [0.29, 0.717) is 5.69 Å². The maximum atomic E-state index is 13.4. The van der Waals surface area contributed by atoms with Crippen LogP contribution in [-0.4, -0.2) is 29.4 Å². The number of carbonyl (C=O) groups is 3. The second kappa shape index (κ2) is 8.38. The topological polar surface area (TPSA) is 100 Å². The Hall–Kier alpha value is -3.30. The Morgan fingerprint density at radius 3 is 2.34 bits per heavy atom. The number of alkyl halides is 3. The van der Waals surface area contributed by atoms with E-state index in [1.54, 1.807) is 13.8 Å². The van der Waals surface area contributed by atoms with Crippen LogP contribution in [0.5, 0.6) is 0 Å². The van der Waals surface area contributed by atoms with E-state index in [1.807, 2.05) is 0 Å². The monoisotopic (exact) mass is 411 g/mol. The van der Waals surface area contributed by atoms with Crippen molar-refractivity contribution in [2.45, 2.75) is 33.9 Å². The van der Waals surface area contributed by atoms with Crippen LogP contribution >= 0.6 is 0 Å². The summed E-state index contributed by atoms with van der Waals surface area (Å²) in [4.78, 5) is 38.4. The second-order valence-corrected chi connectivity index (χ2v) is 6.24. The van der Waals surface area contributed by atoms with Gasteiger partial charge < -0.3 is 20.4 Å². The highest BCUT2D eigenvalue weighted by atomic mass is 19.4. The lowest BCUT2D eigenvalue weighted by molar-refractivity contribution is -0.137. The van der Waals surface area contributed by atoms with Crippen LogP contribution in [0.4, 0.5) is 24.5 Å². The van der Waals surface area contributed by atoms with Crippen LogP contribution in [0.1, 0.15) is 51.5 Å². The summed E-state index contributed by atoms with van der Waals surface area (Å²) < 4.78 is 45.2. The van der Waals surface area contributed by atoms with Gasteiger partial charge in [-0.2, -0.15) is 13.2 Å². The lowest BCUT2D eigenvalue weighted by Crippen LogP contribution is -2.18. The Labute approximate surface area is 164 Å². The third-order valence-corrected chi connectivity index (χ3v) is 4.04. The number of aromatic nitrogens is 1. The van der Waals surface area contributed by atoms with Gasteiger partial charge in [0, 0.05) is 18.3 Å². The van der Waals surface area contributed by atoms with Crippen LogP contribution in [0.3, 0.4) is 0 Å². The molecular formula is C19H20F3N3O4. The molecule has 0 atom stereocenters. The first kappa shape index (κ1) is 22.0. The molecule has 0 bridgehead atoms. The zero-order valence-electron chi connectivity index (χ0n) is 16.2. The van der Waals surface area contributed by atoms with Crippen molar-refractivity contribution in [3.8, 4) is 0 Å². The smallest absolute Gasteiger partial charge is 0.418 e. The third kappa shape index (κ3) is 4.95. The fourth-order valence-electron chi connectivity index (χ4n) is 2.84. The van der Waals surface area contributed by atoms with Crippen molar-refractivity contribution in [2.24, 2.45) is 0 Å². The fraction of sp³-hybridized carbons (Fsp3) is 0.316. The number of benzene rings is 1. The van der Waals surface area contributed by atoms with Crippen molar-refractivity contribution in [3.63, 3.8) is 0 Å². The minimum absolute atomic E-state index is 0.0513. The molecule has 0 aliphatic heterocycles. The van der Waals surface area contributed by atoms with Crippen LogP contribution in [0.25, 0.3) is 0 Å². The second-order valence-electron chi connectivity index (χ2n) is 6.24. The molecule has 1 aromatic carbocycles. The van der Waals surface area contributed by atoms with E-state index in [-0.39, 0.29) is 29.1 Å². The van der Waals surface area contributed by atoms with Gasteiger partial charge in [-0.25, -0.2) is 4.79 Å². The average Bonchev–Trinajstić information content (AvgIpc) is 2.89. The molecule has 1 heterocycles. The number of esters is 1. The number of amides is 2. The number of anilines is 2. The highest BCUT2D eigenvalue weighted by molar-refractivity contribution is 6.07. The van der Waals surface area contributed by atoms with Gasteiger partial charge in [-0.3, -0.25) is 9.59 Å². The number of hydrogen-bond acceptors (Lipinski definition) is 4. The summed E-state index contributed by atoms with van der Waals surface area (Å²) in [5.74, 6) is -2.01. The molecule has 0 saturated heterocycles. The number of nitrogens with one attached hydrogen (secondary N) is 3. The molecule has 2 amide bonds. The first-order valence-corrected chi connectivity index (χ1v) is 8.62. The summed E-state index contributed by atoms with van der Waals surface area (Å²) in [6.07, 6.45) is -4.77. The molecule has 156 valence electrons. The molecule has 29 heavy (non-hydrogen) atoms. The van der Waals surface area contributed by atoms with Gasteiger partial charge in [0.25, 0.3) is 5.91 Å². The third-order valence-electron chi connectivity index (χ3n) is 4.04. The van der Waals surface area contributed by atoms with Crippen LogP contribution in [0.2, 0.25) is 0 Å². The highest BCUT2D eigenvalue weighted by Gasteiger charge is 2.35. The molecule has 0 saturated carbocycles. The first-order chi connectivity index (χ1) is 13.5. The van der Waals surface area contributed by atoms with Gasteiger partial charge in [-0.15, -0.1) is 0 Å². The molecule has 0 unspecified atom stereocenters. The Morgan fingerprint density at radius 2 is 1.79 bits per heavy atom. The van der Waals surface area contributed by atoms with E-state index >= 15 is 0 Å². The molecule has 0 aliphatic carbocycles. The maximum absolute atomic E-state index is 13.4. The predicted octanol–water partition coefficient (Wildman–Crippen LogP) is 4.04. The molecular weight excluding hydrogens is 391 g/mol. The van der Waals surface area contributed by atoms with Gasteiger partial charge in [0.2, 0.25) is 5.91 Å². The first-order valence-electron chi connectivity index (χ1n) is 8.62. The van der Waals surface area contributed by atoms with Gasteiger partial charge in [0.05, 0.1) is 23.4 Å². The normalized spacial score (nSPS) is 11.1. The quantitative estimate of drug-likeness (QED) is 0.647. The number of H-pyrrole nitrogens is 1. The van der Waals surface area contributed by atoms with E-state index < -0.39 is 35.2 Å². The lowest BCUT2D eigenvalue weighted by atomic mass is 10.1. The van der Waals surface area contributed by atoms with Crippen LogP contribution < -0.4 is 10.6 Å². The van der Waals surface area contributed by atoms with Crippen LogP contribution in [0.15, 0.2) is 18.2 Å². The van der Waals surface area contributed by atoms with E-state index in [4.69, 9.17) is 4.74 Å². The van der Waals surface area contributed by atoms with E-state index in [2.05, 4.69) is 15.6 Å². The van der Waals surface area contributed by atoms with Gasteiger partial charge in [-0.1, -0.05) is 0 Å². The summed E-state index contributed by atoms with van der Waals surface area (Å²) in [5, 5.41) is 4.48. The number of hydrogen-bond donors (Lipinski definition) is 3. The maximum Gasteiger partial charge on any atom is 0.418 e. The molecule has 7 nitrogen and oxygen atoms in total. The Bertz CT molecular complexity index is 964. The van der Waals surface area contributed by atoms with Crippen molar-refractivity contribution in [1.82, 2.24) is 4.98 Å². The largest absolute Gasteiger partial charge is 0.462 e. The molecule has 10 heteroatoms. The molecule has 3 N–H and O–H groups in total. The van der Waals surface area contributed by atoms with Crippen LogP contribution in [-0.2, 0) is 15.7 Å². The van der Waals surface area contributed by atoms with Gasteiger partial charge in [-0.05, 0) is 44.5 Å². The van der Waals surface area contributed by atoms with Gasteiger partial charge >= 0.3 is 12.1 Å². The SMILES string of the molecule is CCOC(=O)c1c(C)[nH]c(C(=O)Nc2ccc(NC(C)=O)cc2C(F)(F)F)c1C. The Morgan fingerprint density at radius 1 is 1.14 bits per heavy atom. The molecule has 0 fully saturated rings. The highest BCUT2D eigenvalue weighted by Crippen LogP contribution is 2.37. The van der Waals surface area contributed by atoms with Crippen LogP contribution in [0, 0.1) is 13.8 Å². The van der Waals surface area contributed by atoms with E-state index in [9.17, 15) is 27.6 Å². The molecule has 0 spiro atoms. The minimum atomic E-state index is -4.77. The molecule has 0 radical (unpaired) electrons. The standard InChI is InChI=1S/C19H20F3N3O4/c1-5-29-18(28)15-9(2)16(23-10(15)3)17(27)25-14-7-6-12(24-11(4)26)8-13(14)19(20,21)22/h6-8,23H,5H2,1-4H3,(H,24,26)(H,25,27). The number of halogens is 3. The van der Waals surface area contributed by atoms with Crippen molar-refractivity contribution in [1.29, 1.82) is 0 Å². The number of aromatic amines is 1. The van der Waals surface area contributed by atoms with E-state index in [0.717, 1.165) is 12.1 Å². The minimum Gasteiger partial charge on any atom is -0.462 e. The summed E-state index contributed by atoms with van der Waals surface area (Å²) >= 11 is 0.